The number of quaternary nitrogens is 1. The van der Waals surface area contributed by atoms with Crippen LogP contribution in [0.4, 0.5) is 15.7 Å². The number of carbonyl (C=O) groups is 3. The van der Waals surface area contributed by atoms with Crippen LogP contribution in [0.1, 0.15) is 61.1 Å². The van der Waals surface area contributed by atoms with Gasteiger partial charge in [-0.15, -0.1) is 21.5 Å². The number of hydrogen-bond donors (Lipinski definition) is 3. The first-order chi connectivity index (χ1) is 23.2. The summed E-state index contributed by atoms with van der Waals surface area (Å²) in [4.78, 5) is 62.0. The molecular weight excluding hydrogens is 654 g/mol. The van der Waals surface area contributed by atoms with Crippen LogP contribution in [0.3, 0.4) is 0 Å². The average molecular weight is 694 g/mol. The van der Waals surface area contributed by atoms with Crippen LogP contribution < -0.4 is 26.2 Å². The zero-order valence-corrected chi connectivity index (χ0v) is 28.7. The summed E-state index contributed by atoms with van der Waals surface area (Å²) in [5.41, 5.74) is 1.09. The highest BCUT2D eigenvalue weighted by atomic mass is 32.1. The van der Waals surface area contributed by atoms with Gasteiger partial charge in [0.05, 0.1) is 51.0 Å². The number of carboxylic acids is 1. The van der Waals surface area contributed by atoms with E-state index in [1.54, 1.807) is 20.2 Å². The van der Waals surface area contributed by atoms with Gasteiger partial charge in [-0.05, 0) is 42.3 Å². The Morgan fingerprint density at radius 3 is 2.71 bits per heavy atom. The van der Waals surface area contributed by atoms with Gasteiger partial charge in [0, 0.05) is 29.1 Å². The van der Waals surface area contributed by atoms with Crippen molar-refractivity contribution in [1.82, 2.24) is 40.3 Å². The second kappa shape index (κ2) is 14.5. The lowest BCUT2D eigenvalue weighted by Crippen LogP contribution is -2.51. The molecule has 1 saturated heterocycles. The molecule has 4 aromatic heterocycles. The number of nitrogens with zero attached hydrogens (tertiary/aromatic N) is 8. The number of rotatable bonds is 11. The number of nitrogens with one attached hydrogen (secondary N) is 3. The predicted octanol–water partition coefficient (Wildman–Crippen LogP) is 0.906. The number of anilines is 2. The van der Waals surface area contributed by atoms with Crippen LogP contribution in [0, 0.1) is 0 Å². The monoisotopic (exact) mass is 693 g/mol. The zero-order valence-electron chi connectivity index (χ0n) is 27.9. The molecule has 1 fully saturated rings. The van der Waals surface area contributed by atoms with Gasteiger partial charge >= 0.3 is 6.09 Å². The van der Waals surface area contributed by atoms with E-state index < -0.39 is 24.1 Å². The maximum atomic E-state index is 13.9. The highest BCUT2D eigenvalue weighted by Gasteiger charge is 2.27. The summed E-state index contributed by atoms with van der Waals surface area (Å²) >= 11 is 1.33. The fourth-order valence-electron chi connectivity index (χ4n) is 5.22. The minimum Gasteiger partial charge on any atom is -0.544 e. The molecule has 17 nitrogen and oxygen atoms in total. The molecule has 1 atom stereocenters. The van der Waals surface area contributed by atoms with Crippen LogP contribution >= 0.6 is 11.3 Å². The second-order valence-electron chi connectivity index (χ2n) is 13.4. The van der Waals surface area contributed by atoms with E-state index in [2.05, 4.69) is 36.2 Å². The van der Waals surface area contributed by atoms with Gasteiger partial charge in [0.15, 0.2) is 11.0 Å². The number of tetrazole rings is 1. The van der Waals surface area contributed by atoms with E-state index in [-0.39, 0.29) is 52.1 Å². The molecule has 2 amide bonds. The van der Waals surface area contributed by atoms with Crippen molar-refractivity contribution < 1.29 is 28.7 Å². The molecule has 0 aliphatic carbocycles. The van der Waals surface area contributed by atoms with E-state index in [0.29, 0.717) is 42.4 Å². The van der Waals surface area contributed by atoms with E-state index in [1.165, 1.54) is 40.1 Å². The summed E-state index contributed by atoms with van der Waals surface area (Å²) in [7, 11) is 3.45. The first-order valence-electron chi connectivity index (χ1n) is 15.6. The van der Waals surface area contributed by atoms with Crippen LogP contribution in [0.5, 0.6) is 0 Å². The van der Waals surface area contributed by atoms with Crippen LogP contribution in [-0.2, 0) is 14.9 Å². The number of likely N-dealkylation sites (N-methyl/N-ethyl adjacent to an activating group) is 1. The molecule has 4 aromatic rings. The third kappa shape index (κ3) is 9.02. The zero-order chi connectivity index (χ0) is 35.3. The largest absolute Gasteiger partial charge is 0.544 e. The molecule has 0 aromatic carbocycles. The highest BCUT2D eigenvalue weighted by molar-refractivity contribution is 7.14. The number of hydrogen-bond acceptors (Lipinski definition) is 13. The van der Waals surface area contributed by atoms with Crippen molar-refractivity contribution in [2.45, 2.75) is 45.1 Å². The van der Waals surface area contributed by atoms with Crippen molar-refractivity contribution >= 4 is 58.1 Å². The molecule has 5 heterocycles. The predicted molar refractivity (Wildman–Crippen MR) is 180 cm³/mol. The Labute approximate surface area is 285 Å². The van der Waals surface area contributed by atoms with Gasteiger partial charge in [-0.2, -0.15) is 5.21 Å². The van der Waals surface area contributed by atoms with Crippen LogP contribution in [0.15, 0.2) is 28.5 Å². The Morgan fingerprint density at radius 2 is 2.02 bits per heavy atom. The van der Waals surface area contributed by atoms with E-state index in [0.717, 1.165) is 5.69 Å². The van der Waals surface area contributed by atoms with E-state index in [4.69, 9.17) is 9.72 Å². The number of amides is 2. The minimum atomic E-state index is -1.17. The summed E-state index contributed by atoms with van der Waals surface area (Å²) < 4.78 is 7.18. The lowest BCUT2D eigenvalue weighted by atomic mass is 9.93. The van der Waals surface area contributed by atoms with E-state index in [9.17, 15) is 24.3 Å². The Kier molecular flexibility index (Phi) is 10.4. The number of ether oxygens (including phenoxy) is 1. The van der Waals surface area contributed by atoms with Gasteiger partial charge in [-0.1, -0.05) is 20.8 Å². The topological polar surface area (TPSA) is 213 Å². The average Bonchev–Trinajstić information content (AvgIpc) is 3.72. The first-order valence-corrected chi connectivity index (χ1v) is 16.5. The molecule has 1 aliphatic heterocycles. The Balaban J connectivity index is 1.38. The quantitative estimate of drug-likeness (QED) is 0.187. The normalized spacial score (nSPS) is 15.4. The van der Waals surface area contributed by atoms with Gasteiger partial charge < -0.3 is 29.3 Å². The summed E-state index contributed by atoms with van der Waals surface area (Å²) in [5, 5.41) is 32.6. The molecule has 49 heavy (non-hydrogen) atoms. The molecular formula is C31H39N11O6S. The maximum Gasteiger partial charge on any atom is 0.407 e. The van der Waals surface area contributed by atoms with Crippen LogP contribution in [0.25, 0.3) is 17.8 Å². The number of thiazole rings is 1. The third-order valence-electron chi connectivity index (χ3n) is 7.86. The molecule has 1 aliphatic rings. The molecule has 0 radical (unpaired) electrons. The maximum absolute atomic E-state index is 13.9. The first kappa shape index (κ1) is 35.1. The molecule has 0 unspecified atom stereocenters. The summed E-state index contributed by atoms with van der Waals surface area (Å²) in [6.45, 7) is 7.30. The number of pyridine rings is 1. The highest BCUT2D eigenvalue weighted by Crippen LogP contribution is 2.27. The van der Waals surface area contributed by atoms with Gasteiger partial charge in [0.2, 0.25) is 0 Å². The number of aromatic amines is 1. The number of fused-ring (bicyclic) bond motifs is 1. The molecule has 5 rings (SSSR count). The molecule has 3 N–H and O–H groups in total. The Hall–Kier alpha value is -5.23. The number of carbonyl (C=O) groups excluding carboxylic acids is 3. The summed E-state index contributed by atoms with van der Waals surface area (Å²) in [6.07, 6.45) is 4.69. The third-order valence-corrected chi connectivity index (χ3v) is 8.61. The summed E-state index contributed by atoms with van der Waals surface area (Å²) in [5.74, 6) is -0.967. The van der Waals surface area contributed by atoms with Crippen molar-refractivity contribution in [3.8, 4) is 0 Å². The molecule has 0 spiro atoms. The lowest BCUT2D eigenvalue weighted by Gasteiger charge is -2.34. The molecule has 260 valence electrons. The van der Waals surface area contributed by atoms with Gasteiger partial charge in [-0.3, -0.25) is 19.3 Å². The number of piperidine rings is 1. The minimum absolute atomic E-state index is 0.134. The second-order valence-corrected chi connectivity index (χ2v) is 14.2. The van der Waals surface area contributed by atoms with Crippen molar-refractivity contribution in [3.05, 3.63) is 56.7 Å². The van der Waals surface area contributed by atoms with Gasteiger partial charge in [0.25, 0.3) is 11.5 Å². The van der Waals surface area contributed by atoms with Gasteiger partial charge in [0.1, 0.15) is 24.1 Å². The number of carboxylic acid groups (broad SMARTS) is 1. The number of alkyl carbamates (subject to hydrolysis) is 1. The Morgan fingerprint density at radius 1 is 1.22 bits per heavy atom. The Bertz CT molecular complexity index is 1910. The number of aliphatic carboxylic acids is 1. The lowest BCUT2D eigenvalue weighted by molar-refractivity contribution is -0.883. The van der Waals surface area contributed by atoms with Crippen molar-refractivity contribution in [3.63, 3.8) is 0 Å². The van der Waals surface area contributed by atoms with E-state index in [1.807, 2.05) is 31.1 Å². The van der Waals surface area contributed by atoms with Crippen LogP contribution in [0.2, 0.25) is 0 Å². The molecule has 18 heteroatoms. The SMILES string of the molecule is CC(C)(C)c1csc(NC(=O)c2ccn3c(=O)c(/C=C/c4nn[nH]n4)c(N4CCC[C@H](OC(=O)NCC[N+](C)(C)CC(=O)[O-])C4)nc3c2)n1. The fourth-order valence-corrected chi connectivity index (χ4v) is 6.15. The molecule has 0 saturated carbocycles. The van der Waals surface area contributed by atoms with Crippen molar-refractivity contribution in [1.29, 1.82) is 0 Å². The number of H-pyrrole nitrogens is 1. The fraction of sp³-hybridized carbons (Fsp3) is 0.452. The van der Waals surface area contributed by atoms with Crippen molar-refractivity contribution in [2.75, 3.05) is 57.0 Å². The van der Waals surface area contributed by atoms with Gasteiger partial charge in [-0.25, -0.2) is 14.8 Å². The summed E-state index contributed by atoms with van der Waals surface area (Å²) in [6, 6.07) is 3.08. The smallest absolute Gasteiger partial charge is 0.407 e. The van der Waals surface area contributed by atoms with Crippen molar-refractivity contribution in [2.24, 2.45) is 0 Å². The molecule has 0 bridgehead atoms. The van der Waals surface area contributed by atoms with Crippen LogP contribution in [-0.4, -0.2) is 110 Å². The standard InChI is InChI=1S/C31H39N11O6S/c1-31(2,3)22-18-49-29(33-22)35-27(45)19-10-13-41-24(15-19)34-26(21(28(41)46)8-9-23-36-38-39-37-23)40-12-6-7-20(16-40)48-30(47)32-11-14-42(4,5)17-25(43)44/h8-10,13,15,18,20H,6-7,11-12,14,16-17H2,1-5H3,(H3-,32,33,35,36,37,38,39,43,44,45,47)/t20-/m0/s1. The van der Waals surface area contributed by atoms with E-state index >= 15 is 0 Å². The number of aromatic nitrogens is 7.